The molecule has 1 saturated heterocycles. The van der Waals surface area contributed by atoms with Gasteiger partial charge in [-0.15, -0.1) is 0 Å². The minimum Gasteiger partial charge on any atom is -0.353 e. The van der Waals surface area contributed by atoms with Crippen LogP contribution in [0, 0.1) is 5.92 Å². The molecular weight excluding hydrogens is 378 g/mol. The number of rotatable bonds is 4. The Labute approximate surface area is 179 Å². The molecule has 30 heavy (non-hydrogen) atoms. The van der Waals surface area contributed by atoms with Gasteiger partial charge in [-0.05, 0) is 55.9 Å². The van der Waals surface area contributed by atoms with E-state index in [1.165, 1.54) is 6.42 Å². The largest absolute Gasteiger partial charge is 0.353 e. The van der Waals surface area contributed by atoms with Crippen LogP contribution in [0.2, 0.25) is 0 Å². The average Bonchev–Trinajstić information content (AvgIpc) is 3.22. The predicted octanol–water partition coefficient (Wildman–Crippen LogP) is 3.29. The lowest BCUT2D eigenvalue weighted by Gasteiger charge is -2.33. The Bertz CT molecular complexity index is 808. The van der Waals surface area contributed by atoms with E-state index in [9.17, 15) is 14.4 Å². The lowest BCUT2D eigenvalue weighted by atomic mass is 9.88. The number of carbonyl (C=O) groups excluding carboxylic acids is 3. The molecule has 1 saturated carbocycles. The summed E-state index contributed by atoms with van der Waals surface area (Å²) in [6, 6.07) is 5.90. The van der Waals surface area contributed by atoms with Gasteiger partial charge in [0.1, 0.15) is 0 Å². The summed E-state index contributed by atoms with van der Waals surface area (Å²) in [4.78, 5) is 41.3. The van der Waals surface area contributed by atoms with Gasteiger partial charge in [0.05, 0.1) is 0 Å². The minimum atomic E-state index is 0.0510. The van der Waals surface area contributed by atoms with Gasteiger partial charge >= 0.3 is 0 Å². The molecule has 2 fully saturated rings. The predicted molar refractivity (Wildman–Crippen MR) is 116 cm³/mol. The zero-order valence-corrected chi connectivity index (χ0v) is 18.0. The summed E-state index contributed by atoms with van der Waals surface area (Å²) in [7, 11) is 0. The molecule has 0 unspecified atom stereocenters. The Morgan fingerprint density at radius 3 is 2.43 bits per heavy atom. The number of benzene rings is 1. The van der Waals surface area contributed by atoms with E-state index in [2.05, 4.69) is 5.32 Å². The quantitative estimate of drug-likeness (QED) is 0.827. The molecule has 6 heteroatoms. The molecule has 4 rings (SSSR count). The van der Waals surface area contributed by atoms with Crippen molar-refractivity contribution >= 4 is 23.4 Å². The van der Waals surface area contributed by atoms with Crippen molar-refractivity contribution in [3.8, 4) is 0 Å². The van der Waals surface area contributed by atoms with Crippen molar-refractivity contribution in [2.75, 3.05) is 24.5 Å². The topological polar surface area (TPSA) is 69.7 Å². The van der Waals surface area contributed by atoms with Gasteiger partial charge in [-0.25, -0.2) is 0 Å². The van der Waals surface area contributed by atoms with Crippen molar-refractivity contribution in [2.24, 2.45) is 5.92 Å². The normalized spacial score (nSPS) is 20.2. The van der Waals surface area contributed by atoms with E-state index < -0.39 is 0 Å². The number of amides is 3. The molecule has 3 aliphatic rings. The maximum Gasteiger partial charge on any atom is 0.253 e. The van der Waals surface area contributed by atoms with Gasteiger partial charge in [-0.3, -0.25) is 14.4 Å². The summed E-state index contributed by atoms with van der Waals surface area (Å²) in [5.41, 5.74) is 2.73. The highest BCUT2D eigenvalue weighted by atomic mass is 16.2. The molecule has 0 radical (unpaired) electrons. The van der Waals surface area contributed by atoms with E-state index in [1.54, 1.807) is 0 Å². The van der Waals surface area contributed by atoms with Crippen molar-refractivity contribution in [1.82, 2.24) is 10.2 Å². The second-order valence-corrected chi connectivity index (χ2v) is 8.90. The number of anilines is 1. The third-order valence-corrected chi connectivity index (χ3v) is 6.93. The number of hydrogen-bond acceptors (Lipinski definition) is 3. The van der Waals surface area contributed by atoms with Crippen molar-refractivity contribution in [2.45, 2.75) is 70.8 Å². The lowest BCUT2D eigenvalue weighted by Crippen LogP contribution is -2.48. The van der Waals surface area contributed by atoms with Crippen LogP contribution in [-0.4, -0.2) is 48.3 Å². The van der Waals surface area contributed by atoms with E-state index in [4.69, 9.17) is 0 Å². The Morgan fingerprint density at radius 1 is 1.00 bits per heavy atom. The zero-order valence-electron chi connectivity index (χ0n) is 18.0. The van der Waals surface area contributed by atoms with Gasteiger partial charge in [-0.1, -0.05) is 26.2 Å². The van der Waals surface area contributed by atoms with Gasteiger partial charge in [0.2, 0.25) is 11.8 Å². The molecule has 1 N–H and O–H groups in total. The van der Waals surface area contributed by atoms with Crippen LogP contribution in [0.5, 0.6) is 0 Å². The molecule has 1 aliphatic carbocycles. The molecule has 0 bridgehead atoms. The number of piperidine rings is 1. The van der Waals surface area contributed by atoms with Gasteiger partial charge in [0.25, 0.3) is 5.91 Å². The van der Waals surface area contributed by atoms with Crippen LogP contribution in [0.15, 0.2) is 18.2 Å². The summed E-state index contributed by atoms with van der Waals surface area (Å²) in [6.45, 7) is 3.92. The van der Waals surface area contributed by atoms with Gasteiger partial charge in [0, 0.05) is 49.3 Å². The summed E-state index contributed by atoms with van der Waals surface area (Å²) in [5, 5.41) is 3.23. The number of hydrogen-bond donors (Lipinski definition) is 1. The lowest BCUT2D eigenvalue weighted by molar-refractivity contribution is -0.127. The fraction of sp³-hybridized carbons (Fsp3) is 0.625. The maximum absolute atomic E-state index is 13.0. The second-order valence-electron chi connectivity index (χ2n) is 8.90. The van der Waals surface area contributed by atoms with E-state index in [-0.39, 0.29) is 29.7 Å². The molecule has 2 aliphatic heterocycles. The van der Waals surface area contributed by atoms with Crippen molar-refractivity contribution in [3.05, 3.63) is 29.3 Å². The summed E-state index contributed by atoms with van der Waals surface area (Å²) >= 11 is 0. The number of carbonyl (C=O) groups is 3. The highest BCUT2D eigenvalue weighted by molar-refractivity contribution is 5.98. The number of nitrogens with zero attached hydrogens (tertiary/aromatic N) is 2. The van der Waals surface area contributed by atoms with Crippen molar-refractivity contribution in [1.29, 1.82) is 0 Å². The molecule has 1 aromatic rings. The Morgan fingerprint density at radius 2 is 1.73 bits per heavy atom. The van der Waals surface area contributed by atoms with Crippen LogP contribution >= 0.6 is 0 Å². The summed E-state index contributed by atoms with van der Waals surface area (Å²) < 4.78 is 0. The fourth-order valence-corrected chi connectivity index (χ4v) is 5.08. The molecule has 0 atom stereocenters. The SMILES string of the molecule is CCC(=O)N1CCc2cc(C(=O)N3CCC(NC(=O)C4CCCCC4)CC3)ccc21. The third kappa shape index (κ3) is 4.37. The van der Waals surface area contributed by atoms with Gasteiger partial charge in [-0.2, -0.15) is 0 Å². The first-order chi connectivity index (χ1) is 14.6. The molecule has 162 valence electrons. The second kappa shape index (κ2) is 9.19. The average molecular weight is 412 g/mol. The summed E-state index contributed by atoms with van der Waals surface area (Å²) in [6.07, 6.45) is 8.53. The molecule has 0 spiro atoms. The van der Waals surface area contributed by atoms with Crippen LogP contribution in [0.3, 0.4) is 0 Å². The Hall–Kier alpha value is -2.37. The number of fused-ring (bicyclic) bond motifs is 1. The molecular formula is C24H33N3O3. The van der Waals surface area contributed by atoms with Gasteiger partial charge < -0.3 is 15.1 Å². The molecule has 1 aromatic carbocycles. The Balaban J connectivity index is 1.31. The van der Waals surface area contributed by atoms with Crippen LogP contribution < -0.4 is 10.2 Å². The zero-order chi connectivity index (χ0) is 21.1. The first kappa shape index (κ1) is 20.9. The number of nitrogens with one attached hydrogen (secondary N) is 1. The van der Waals surface area contributed by atoms with Crippen LogP contribution in [0.25, 0.3) is 0 Å². The Kier molecular flexibility index (Phi) is 6.40. The molecule has 2 heterocycles. The first-order valence-corrected chi connectivity index (χ1v) is 11.6. The fourth-order valence-electron chi connectivity index (χ4n) is 5.08. The van der Waals surface area contributed by atoms with E-state index >= 15 is 0 Å². The van der Waals surface area contributed by atoms with Crippen molar-refractivity contribution in [3.63, 3.8) is 0 Å². The smallest absolute Gasteiger partial charge is 0.253 e. The maximum atomic E-state index is 13.0. The monoisotopic (exact) mass is 411 g/mol. The van der Waals surface area contributed by atoms with Crippen LogP contribution in [0.1, 0.15) is 74.2 Å². The van der Waals surface area contributed by atoms with Crippen molar-refractivity contribution < 1.29 is 14.4 Å². The van der Waals surface area contributed by atoms with Crippen LogP contribution in [-0.2, 0) is 16.0 Å². The summed E-state index contributed by atoms with van der Waals surface area (Å²) in [5.74, 6) is 0.577. The van der Waals surface area contributed by atoms with Crippen LogP contribution in [0.4, 0.5) is 5.69 Å². The first-order valence-electron chi connectivity index (χ1n) is 11.6. The number of likely N-dealkylation sites (tertiary alicyclic amines) is 1. The highest BCUT2D eigenvalue weighted by Gasteiger charge is 2.29. The minimum absolute atomic E-state index is 0.0510. The van der Waals surface area contributed by atoms with E-state index in [1.807, 2.05) is 34.9 Å². The van der Waals surface area contributed by atoms with E-state index in [0.29, 0.717) is 31.6 Å². The van der Waals surface area contributed by atoms with E-state index in [0.717, 1.165) is 56.2 Å². The molecule has 3 amide bonds. The van der Waals surface area contributed by atoms with Gasteiger partial charge in [0.15, 0.2) is 0 Å². The highest BCUT2D eigenvalue weighted by Crippen LogP contribution is 2.30. The standard InChI is InChI=1S/C24H33N3O3/c1-2-22(28)27-15-10-18-16-19(8-9-21(18)27)24(30)26-13-11-20(12-14-26)25-23(29)17-6-4-3-5-7-17/h8-9,16-17,20H,2-7,10-15H2,1H3,(H,25,29). The molecule has 6 nitrogen and oxygen atoms in total. The molecule has 0 aromatic heterocycles. The third-order valence-electron chi connectivity index (χ3n) is 6.93.